The van der Waals surface area contributed by atoms with Crippen molar-refractivity contribution in [2.24, 2.45) is 0 Å². The van der Waals surface area contributed by atoms with E-state index < -0.39 is 5.97 Å². The Bertz CT molecular complexity index is 490. The molecular formula is C9H8N2O3. The van der Waals surface area contributed by atoms with Gasteiger partial charge in [-0.15, -0.1) is 0 Å². The second-order valence-corrected chi connectivity index (χ2v) is 2.80. The van der Waals surface area contributed by atoms with E-state index >= 15 is 0 Å². The van der Waals surface area contributed by atoms with Crippen LogP contribution in [0, 0.1) is 0 Å². The van der Waals surface area contributed by atoms with Gasteiger partial charge < -0.3 is 14.8 Å². The molecule has 14 heavy (non-hydrogen) atoms. The van der Waals surface area contributed by atoms with Gasteiger partial charge in [0.05, 0.1) is 23.7 Å². The summed E-state index contributed by atoms with van der Waals surface area (Å²) in [5, 5.41) is 9.13. The number of hydrogen-bond acceptors (Lipinski definition) is 4. The second-order valence-electron chi connectivity index (χ2n) is 2.80. The van der Waals surface area contributed by atoms with Crippen LogP contribution in [0.25, 0.3) is 11.0 Å². The van der Waals surface area contributed by atoms with E-state index in [0.29, 0.717) is 16.6 Å². The molecule has 0 radical (unpaired) electrons. The first kappa shape index (κ1) is 8.55. The summed E-state index contributed by atoms with van der Waals surface area (Å²) in [5.74, 6) is -0.428. The number of methoxy groups -OCH3 is 1. The van der Waals surface area contributed by atoms with Gasteiger partial charge in [0.25, 0.3) is 0 Å². The SMILES string of the molecule is COC(=O)c1cnc2cc(O)[nH]c2c1. The molecule has 0 unspecified atom stereocenters. The summed E-state index contributed by atoms with van der Waals surface area (Å²) < 4.78 is 4.54. The summed E-state index contributed by atoms with van der Waals surface area (Å²) >= 11 is 0. The van der Waals surface area contributed by atoms with E-state index in [1.807, 2.05) is 0 Å². The quantitative estimate of drug-likeness (QED) is 0.662. The number of rotatable bonds is 1. The fourth-order valence-corrected chi connectivity index (χ4v) is 1.22. The van der Waals surface area contributed by atoms with Gasteiger partial charge >= 0.3 is 5.97 Å². The fourth-order valence-electron chi connectivity index (χ4n) is 1.22. The Morgan fingerprint density at radius 2 is 2.36 bits per heavy atom. The summed E-state index contributed by atoms with van der Waals surface area (Å²) in [6.45, 7) is 0. The first-order valence-electron chi connectivity index (χ1n) is 3.97. The third kappa shape index (κ3) is 1.28. The summed E-state index contributed by atoms with van der Waals surface area (Å²) in [5.41, 5.74) is 1.56. The van der Waals surface area contributed by atoms with Gasteiger partial charge in [-0.2, -0.15) is 0 Å². The van der Waals surface area contributed by atoms with Crippen LogP contribution < -0.4 is 0 Å². The lowest BCUT2D eigenvalue weighted by Crippen LogP contribution is -2.01. The maximum absolute atomic E-state index is 11.1. The highest BCUT2D eigenvalue weighted by molar-refractivity contribution is 5.93. The lowest BCUT2D eigenvalue weighted by Gasteiger charge is -1.97. The van der Waals surface area contributed by atoms with Crippen molar-refractivity contribution in [3.05, 3.63) is 23.9 Å². The predicted molar refractivity (Wildman–Crippen MR) is 49.1 cm³/mol. The van der Waals surface area contributed by atoms with Crippen molar-refractivity contribution >= 4 is 17.0 Å². The molecule has 0 spiro atoms. The van der Waals surface area contributed by atoms with Crippen molar-refractivity contribution in [1.29, 1.82) is 0 Å². The lowest BCUT2D eigenvalue weighted by molar-refractivity contribution is 0.0600. The van der Waals surface area contributed by atoms with Crippen LogP contribution in [0.5, 0.6) is 5.88 Å². The number of hydrogen-bond donors (Lipinski definition) is 2. The number of nitrogens with zero attached hydrogens (tertiary/aromatic N) is 1. The van der Waals surface area contributed by atoms with E-state index in [1.165, 1.54) is 19.4 Å². The maximum Gasteiger partial charge on any atom is 0.339 e. The standard InChI is InChI=1S/C9H8N2O3/c1-14-9(13)5-2-7-6(10-4-5)3-8(12)11-7/h2-4,11-12H,1H3. The van der Waals surface area contributed by atoms with E-state index in [9.17, 15) is 4.79 Å². The molecule has 0 atom stereocenters. The molecular weight excluding hydrogens is 184 g/mol. The Labute approximate surface area is 79.3 Å². The van der Waals surface area contributed by atoms with Gasteiger partial charge in [-0.1, -0.05) is 0 Å². The number of H-pyrrole nitrogens is 1. The van der Waals surface area contributed by atoms with Crippen molar-refractivity contribution in [3.63, 3.8) is 0 Å². The van der Waals surface area contributed by atoms with Crippen molar-refractivity contribution < 1.29 is 14.6 Å². The fraction of sp³-hybridized carbons (Fsp3) is 0.111. The van der Waals surface area contributed by atoms with Crippen molar-refractivity contribution in [2.45, 2.75) is 0 Å². The number of aromatic nitrogens is 2. The minimum Gasteiger partial charge on any atom is -0.495 e. The van der Waals surface area contributed by atoms with Gasteiger partial charge in [0, 0.05) is 12.3 Å². The number of ether oxygens (including phenoxy) is 1. The number of esters is 1. The molecule has 2 heterocycles. The Kier molecular flexibility index (Phi) is 1.85. The Morgan fingerprint density at radius 3 is 3.07 bits per heavy atom. The number of nitrogens with one attached hydrogen (secondary N) is 1. The van der Waals surface area contributed by atoms with Crippen LogP contribution in [-0.4, -0.2) is 28.2 Å². The zero-order valence-electron chi connectivity index (χ0n) is 7.44. The number of carbonyl (C=O) groups is 1. The molecule has 0 aliphatic heterocycles. The molecule has 0 saturated heterocycles. The van der Waals surface area contributed by atoms with E-state index in [0.717, 1.165) is 0 Å². The number of aromatic hydroxyl groups is 1. The molecule has 2 rings (SSSR count). The molecule has 2 aromatic rings. The monoisotopic (exact) mass is 192 g/mol. The van der Waals surface area contributed by atoms with Gasteiger partial charge in [-0.25, -0.2) is 4.79 Å². The van der Waals surface area contributed by atoms with Crippen LogP contribution in [0.2, 0.25) is 0 Å². The molecule has 0 amide bonds. The van der Waals surface area contributed by atoms with Crippen molar-refractivity contribution in [1.82, 2.24) is 9.97 Å². The molecule has 2 N–H and O–H groups in total. The van der Waals surface area contributed by atoms with Crippen molar-refractivity contribution in [2.75, 3.05) is 7.11 Å². The van der Waals surface area contributed by atoms with E-state index in [4.69, 9.17) is 5.11 Å². The topological polar surface area (TPSA) is 75.2 Å². The minimum atomic E-state index is -0.450. The van der Waals surface area contributed by atoms with Gasteiger partial charge in [-0.05, 0) is 6.07 Å². The largest absolute Gasteiger partial charge is 0.495 e. The maximum atomic E-state index is 11.1. The number of fused-ring (bicyclic) bond motifs is 1. The summed E-state index contributed by atoms with van der Waals surface area (Å²) in [4.78, 5) is 17.8. The van der Waals surface area contributed by atoms with Crippen molar-refractivity contribution in [3.8, 4) is 5.88 Å². The van der Waals surface area contributed by atoms with Crippen LogP contribution in [0.1, 0.15) is 10.4 Å². The summed E-state index contributed by atoms with van der Waals surface area (Å²) in [6.07, 6.45) is 1.40. The van der Waals surface area contributed by atoms with Gasteiger partial charge in [0.15, 0.2) is 5.88 Å². The zero-order valence-corrected chi connectivity index (χ0v) is 7.44. The first-order chi connectivity index (χ1) is 6.70. The van der Waals surface area contributed by atoms with Crippen LogP contribution in [0.3, 0.4) is 0 Å². The average molecular weight is 192 g/mol. The summed E-state index contributed by atoms with van der Waals surface area (Å²) in [7, 11) is 1.30. The molecule has 72 valence electrons. The van der Waals surface area contributed by atoms with Gasteiger partial charge in [0.1, 0.15) is 0 Å². The molecule has 0 saturated carbocycles. The average Bonchev–Trinajstić information content (AvgIpc) is 2.55. The molecule has 0 aliphatic rings. The van der Waals surface area contributed by atoms with Gasteiger partial charge in [-0.3, -0.25) is 4.98 Å². The van der Waals surface area contributed by atoms with Crippen LogP contribution in [0.4, 0.5) is 0 Å². The third-order valence-electron chi connectivity index (χ3n) is 1.88. The molecule has 0 bridgehead atoms. The zero-order chi connectivity index (χ0) is 10.1. The number of aromatic amines is 1. The van der Waals surface area contributed by atoms with E-state index in [-0.39, 0.29) is 5.88 Å². The molecule has 0 aromatic carbocycles. The molecule has 5 nitrogen and oxygen atoms in total. The van der Waals surface area contributed by atoms with Crippen LogP contribution in [-0.2, 0) is 4.74 Å². The first-order valence-corrected chi connectivity index (χ1v) is 3.97. The number of carbonyl (C=O) groups excluding carboxylic acids is 1. The second kappa shape index (κ2) is 3.02. The summed E-state index contributed by atoms with van der Waals surface area (Å²) in [6, 6.07) is 3.06. The number of pyridine rings is 1. The van der Waals surface area contributed by atoms with Crippen LogP contribution in [0.15, 0.2) is 18.3 Å². The predicted octanol–water partition coefficient (Wildman–Crippen LogP) is 1.06. The smallest absolute Gasteiger partial charge is 0.339 e. The normalized spacial score (nSPS) is 10.4. The minimum absolute atomic E-state index is 0.0227. The Hall–Kier alpha value is -2.04. The van der Waals surface area contributed by atoms with E-state index in [1.54, 1.807) is 6.07 Å². The third-order valence-corrected chi connectivity index (χ3v) is 1.88. The highest BCUT2D eigenvalue weighted by atomic mass is 16.5. The Morgan fingerprint density at radius 1 is 1.57 bits per heavy atom. The highest BCUT2D eigenvalue weighted by Crippen LogP contribution is 2.18. The molecule has 5 heteroatoms. The highest BCUT2D eigenvalue weighted by Gasteiger charge is 2.08. The van der Waals surface area contributed by atoms with E-state index in [2.05, 4.69) is 14.7 Å². The Balaban J connectivity index is 2.55. The van der Waals surface area contributed by atoms with Gasteiger partial charge in [0.2, 0.25) is 0 Å². The molecule has 0 aliphatic carbocycles. The molecule has 0 fully saturated rings. The van der Waals surface area contributed by atoms with Crippen LogP contribution >= 0.6 is 0 Å². The molecule has 2 aromatic heterocycles. The lowest BCUT2D eigenvalue weighted by atomic mass is 10.2.